The summed E-state index contributed by atoms with van der Waals surface area (Å²) in [5.41, 5.74) is 0. The number of carbonyl (C=O) groups excluding carboxylic acids is 1. The number of thiophene rings is 1. The second-order valence-corrected chi connectivity index (χ2v) is 9.39. The van der Waals surface area contributed by atoms with Crippen molar-refractivity contribution in [2.24, 2.45) is 11.8 Å². The summed E-state index contributed by atoms with van der Waals surface area (Å²) in [5, 5.41) is 20.5. The standard InChI is InChI=1S/C22H33ClO4S/c1-3-4-5-7-15(24)10-12-18-17(19(23)14-20(18)25)9-6-8-16-11-13-21(28-16)22(26)27-2/h10-13,15,17-20,24-25H,3-9,14H2,1-2H3/t15-,17-,18-,19-,20-/m1/s1. The number of methoxy groups -OCH3 is 1. The van der Waals surface area contributed by atoms with Gasteiger partial charge >= 0.3 is 5.97 Å². The number of hydrogen-bond acceptors (Lipinski definition) is 5. The fourth-order valence-corrected chi connectivity index (χ4v) is 5.37. The van der Waals surface area contributed by atoms with E-state index in [1.807, 2.05) is 18.2 Å². The minimum absolute atomic E-state index is 0.00251. The number of alkyl halides is 1. The molecule has 158 valence electrons. The number of aliphatic hydroxyl groups excluding tert-OH is 2. The van der Waals surface area contributed by atoms with Crippen molar-refractivity contribution in [1.82, 2.24) is 0 Å². The van der Waals surface area contributed by atoms with Crippen molar-refractivity contribution in [3.05, 3.63) is 34.0 Å². The van der Waals surface area contributed by atoms with Crippen molar-refractivity contribution in [1.29, 1.82) is 0 Å². The van der Waals surface area contributed by atoms with Crippen LogP contribution in [-0.2, 0) is 11.2 Å². The fourth-order valence-electron chi connectivity index (χ4n) is 3.92. The summed E-state index contributed by atoms with van der Waals surface area (Å²) < 4.78 is 4.75. The highest BCUT2D eigenvalue weighted by Crippen LogP contribution is 2.40. The minimum Gasteiger partial charge on any atom is -0.465 e. The molecule has 1 aliphatic carbocycles. The van der Waals surface area contributed by atoms with E-state index in [0.717, 1.165) is 49.8 Å². The lowest BCUT2D eigenvalue weighted by atomic mass is 9.89. The number of ether oxygens (including phenoxy) is 1. The zero-order valence-electron chi connectivity index (χ0n) is 16.9. The Balaban J connectivity index is 1.85. The van der Waals surface area contributed by atoms with Gasteiger partial charge in [-0.2, -0.15) is 0 Å². The molecule has 0 unspecified atom stereocenters. The summed E-state index contributed by atoms with van der Waals surface area (Å²) in [6, 6.07) is 3.78. The van der Waals surface area contributed by atoms with Crippen molar-refractivity contribution in [2.45, 2.75) is 75.9 Å². The predicted molar refractivity (Wildman–Crippen MR) is 115 cm³/mol. The van der Waals surface area contributed by atoms with Crippen molar-refractivity contribution in [2.75, 3.05) is 7.11 Å². The topological polar surface area (TPSA) is 66.8 Å². The molecule has 28 heavy (non-hydrogen) atoms. The van der Waals surface area contributed by atoms with Gasteiger partial charge in [-0.05, 0) is 50.2 Å². The third-order valence-corrected chi connectivity index (χ3v) is 7.16. The maximum absolute atomic E-state index is 11.6. The third kappa shape index (κ3) is 6.87. The Bertz CT molecular complexity index is 630. The SMILES string of the molecule is CCCCC[C@@H](O)C=C[C@@H]1[C@@H](CCCc2ccc(C(=O)OC)s2)[C@H](Cl)C[C@H]1O. The number of rotatable bonds is 11. The molecule has 0 aliphatic heterocycles. The van der Waals surface area contributed by atoms with Gasteiger partial charge in [0, 0.05) is 16.2 Å². The third-order valence-electron chi connectivity index (χ3n) is 5.54. The van der Waals surface area contributed by atoms with Crippen LogP contribution in [0.3, 0.4) is 0 Å². The summed E-state index contributed by atoms with van der Waals surface area (Å²) in [4.78, 5) is 13.3. The van der Waals surface area contributed by atoms with Crippen molar-refractivity contribution in [3.8, 4) is 0 Å². The molecule has 5 atom stereocenters. The Kier molecular flexibility index (Phi) is 10.00. The smallest absolute Gasteiger partial charge is 0.348 e. The van der Waals surface area contributed by atoms with E-state index in [0.29, 0.717) is 11.3 Å². The number of carbonyl (C=O) groups is 1. The Labute approximate surface area is 177 Å². The summed E-state index contributed by atoms with van der Waals surface area (Å²) in [6.07, 6.45) is 10.3. The lowest BCUT2D eigenvalue weighted by Crippen LogP contribution is -2.19. The second-order valence-electron chi connectivity index (χ2n) is 7.66. The molecule has 1 aromatic rings. The van der Waals surface area contributed by atoms with Gasteiger partial charge in [0.1, 0.15) is 4.88 Å². The van der Waals surface area contributed by atoms with E-state index < -0.39 is 12.2 Å². The number of esters is 1. The van der Waals surface area contributed by atoms with Crippen molar-refractivity contribution >= 4 is 28.9 Å². The molecule has 0 saturated heterocycles. The van der Waals surface area contributed by atoms with E-state index >= 15 is 0 Å². The van der Waals surface area contributed by atoms with Crippen LogP contribution in [0, 0.1) is 11.8 Å². The van der Waals surface area contributed by atoms with Gasteiger partial charge in [0.15, 0.2) is 0 Å². The molecule has 0 spiro atoms. The molecule has 6 heteroatoms. The highest BCUT2D eigenvalue weighted by Gasteiger charge is 2.39. The summed E-state index contributed by atoms with van der Waals surface area (Å²) in [7, 11) is 1.39. The minimum atomic E-state index is -0.448. The van der Waals surface area contributed by atoms with E-state index in [-0.39, 0.29) is 23.2 Å². The first kappa shape index (κ1) is 23.4. The molecule has 0 aromatic carbocycles. The van der Waals surface area contributed by atoms with Crippen LogP contribution in [0.1, 0.15) is 66.4 Å². The molecule has 2 N–H and O–H groups in total. The van der Waals surface area contributed by atoms with Crippen LogP contribution < -0.4 is 0 Å². The van der Waals surface area contributed by atoms with Gasteiger partial charge in [-0.3, -0.25) is 0 Å². The normalized spacial score (nSPS) is 26.0. The van der Waals surface area contributed by atoms with Crippen molar-refractivity contribution < 1.29 is 19.7 Å². The van der Waals surface area contributed by atoms with Gasteiger partial charge in [-0.1, -0.05) is 38.3 Å². The first-order valence-electron chi connectivity index (χ1n) is 10.3. The van der Waals surface area contributed by atoms with Gasteiger partial charge in [-0.15, -0.1) is 22.9 Å². The maximum atomic E-state index is 11.6. The Morgan fingerprint density at radius 2 is 2.18 bits per heavy atom. The average Bonchev–Trinajstić information content (AvgIpc) is 3.24. The number of halogens is 1. The Hall–Kier alpha value is -0.880. The van der Waals surface area contributed by atoms with E-state index in [1.54, 1.807) is 6.07 Å². The van der Waals surface area contributed by atoms with Gasteiger partial charge in [0.05, 0.1) is 19.3 Å². The molecule has 1 saturated carbocycles. The highest BCUT2D eigenvalue weighted by atomic mass is 35.5. The zero-order chi connectivity index (χ0) is 20.5. The Morgan fingerprint density at radius 1 is 1.39 bits per heavy atom. The molecule has 1 aromatic heterocycles. The monoisotopic (exact) mass is 428 g/mol. The summed E-state index contributed by atoms with van der Waals surface area (Å²) >= 11 is 7.99. The highest BCUT2D eigenvalue weighted by molar-refractivity contribution is 7.13. The van der Waals surface area contributed by atoms with Crippen LogP contribution in [0.15, 0.2) is 24.3 Å². The predicted octanol–water partition coefficient (Wildman–Crippen LogP) is 4.96. The van der Waals surface area contributed by atoms with E-state index in [2.05, 4.69) is 6.92 Å². The number of aryl methyl sites for hydroxylation is 1. The van der Waals surface area contributed by atoms with E-state index in [9.17, 15) is 15.0 Å². The van der Waals surface area contributed by atoms with Gasteiger partial charge in [0.2, 0.25) is 0 Å². The van der Waals surface area contributed by atoms with Gasteiger partial charge in [-0.25, -0.2) is 4.79 Å². The lowest BCUT2D eigenvalue weighted by molar-refractivity contribution is 0.0606. The first-order chi connectivity index (χ1) is 13.5. The molecular formula is C22H33ClO4S. The second kappa shape index (κ2) is 12.0. The lowest BCUT2D eigenvalue weighted by Gasteiger charge is -2.21. The summed E-state index contributed by atoms with van der Waals surface area (Å²) in [5.74, 6) is -0.0910. The average molecular weight is 429 g/mol. The molecule has 0 radical (unpaired) electrons. The van der Waals surface area contributed by atoms with Crippen LogP contribution in [0.4, 0.5) is 0 Å². The summed E-state index contributed by atoms with van der Waals surface area (Å²) in [6.45, 7) is 2.15. The van der Waals surface area contributed by atoms with Gasteiger partial charge in [0.25, 0.3) is 0 Å². The van der Waals surface area contributed by atoms with Crippen molar-refractivity contribution in [3.63, 3.8) is 0 Å². The molecule has 1 fully saturated rings. The van der Waals surface area contributed by atoms with Crippen LogP contribution in [0.5, 0.6) is 0 Å². The molecule has 0 amide bonds. The largest absolute Gasteiger partial charge is 0.465 e. The van der Waals surface area contributed by atoms with Crippen LogP contribution >= 0.6 is 22.9 Å². The van der Waals surface area contributed by atoms with E-state index in [1.165, 1.54) is 18.4 Å². The number of unbranched alkanes of at least 4 members (excludes halogenated alkanes) is 2. The van der Waals surface area contributed by atoms with Crippen LogP contribution in [-0.4, -0.2) is 40.9 Å². The molecule has 1 aliphatic rings. The van der Waals surface area contributed by atoms with Gasteiger partial charge < -0.3 is 14.9 Å². The maximum Gasteiger partial charge on any atom is 0.348 e. The van der Waals surface area contributed by atoms with Crippen LogP contribution in [0.2, 0.25) is 0 Å². The van der Waals surface area contributed by atoms with Crippen LogP contribution in [0.25, 0.3) is 0 Å². The molecular weight excluding hydrogens is 396 g/mol. The van der Waals surface area contributed by atoms with E-state index in [4.69, 9.17) is 16.3 Å². The molecule has 4 nitrogen and oxygen atoms in total. The quantitative estimate of drug-likeness (QED) is 0.226. The first-order valence-corrected chi connectivity index (χ1v) is 11.6. The number of aliphatic hydroxyl groups is 2. The molecule has 1 heterocycles. The molecule has 2 rings (SSSR count). The zero-order valence-corrected chi connectivity index (χ0v) is 18.4. The molecule has 0 bridgehead atoms. The fraction of sp³-hybridized carbons (Fsp3) is 0.682. The number of hydrogen-bond donors (Lipinski definition) is 2. The Morgan fingerprint density at radius 3 is 2.89 bits per heavy atom.